The number of hydrogen-bond donors (Lipinski definition) is 3. The van der Waals surface area contributed by atoms with Crippen LogP contribution in [0, 0.1) is 17.8 Å². The molecule has 0 amide bonds. The van der Waals surface area contributed by atoms with Crippen LogP contribution in [0.15, 0.2) is 30.3 Å². The minimum Gasteiger partial charge on any atom is -0.507 e. The van der Waals surface area contributed by atoms with Gasteiger partial charge in [0, 0.05) is 38.3 Å². The molecule has 2 aliphatic rings. The van der Waals surface area contributed by atoms with E-state index in [2.05, 4.69) is 32.2 Å². The van der Waals surface area contributed by atoms with Crippen molar-refractivity contribution < 1.29 is 5.11 Å². The molecular formula is C21H30N6O. The average Bonchev–Trinajstić information content (AvgIpc) is 3.14. The van der Waals surface area contributed by atoms with Crippen LogP contribution < -0.4 is 16.0 Å². The van der Waals surface area contributed by atoms with Gasteiger partial charge in [0.2, 0.25) is 0 Å². The summed E-state index contributed by atoms with van der Waals surface area (Å²) in [7, 11) is 2.01. The first-order valence-corrected chi connectivity index (χ1v) is 10.2. The molecule has 150 valence electrons. The molecular weight excluding hydrogens is 352 g/mol. The van der Waals surface area contributed by atoms with Gasteiger partial charge in [0.05, 0.1) is 11.4 Å². The molecule has 2 fully saturated rings. The van der Waals surface area contributed by atoms with Crippen LogP contribution in [-0.4, -0.2) is 66.5 Å². The van der Waals surface area contributed by atoms with E-state index >= 15 is 0 Å². The van der Waals surface area contributed by atoms with Gasteiger partial charge in [-0.15, -0.1) is 10.2 Å². The molecule has 1 saturated carbocycles. The number of para-hydroxylation sites is 1. The Balaban J connectivity index is 1.42. The first-order valence-electron chi connectivity index (χ1n) is 10.2. The Labute approximate surface area is 166 Å². The van der Waals surface area contributed by atoms with E-state index in [4.69, 9.17) is 5.73 Å². The van der Waals surface area contributed by atoms with Gasteiger partial charge in [0.15, 0.2) is 5.82 Å². The van der Waals surface area contributed by atoms with Gasteiger partial charge in [-0.3, -0.25) is 0 Å². The van der Waals surface area contributed by atoms with E-state index in [1.807, 2.05) is 25.2 Å². The summed E-state index contributed by atoms with van der Waals surface area (Å²) < 4.78 is 0. The lowest BCUT2D eigenvalue weighted by Gasteiger charge is -2.26. The number of nitrogens with two attached hydrogens (primary N) is 1. The normalized spacial score (nSPS) is 23.2. The minimum absolute atomic E-state index is 0.207. The molecule has 2 atom stereocenters. The fourth-order valence-corrected chi connectivity index (χ4v) is 4.53. The lowest BCUT2D eigenvalue weighted by atomic mass is 10.1. The van der Waals surface area contributed by atoms with E-state index in [0.29, 0.717) is 17.1 Å². The number of anilines is 2. The molecule has 7 heteroatoms. The van der Waals surface area contributed by atoms with Crippen LogP contribution in [-0.2, 0) is 0 Å². The Morgan fingerprint density at radius 2 is 2.00 bits per heavy atom. The van der Waals surface area contributed by atoms with Crippen molar-refractivity contribution in [2.24, 2.45) is 17.8 Å². The maximum absolute atomic E-state index is 10.1. The zero-order chi connectivity index (χ0) is 19.7. The van der Waals surface area contributed by atoms with Gasteiger partial charge in [-0.2, -0.15) is 0 Å². The van der Waals surface area contributed by atoms with Crippen LogP contribution >= 0.6 is 0 Å². The second-order valence-corrected chi connectivity index (χ2v) is 7.91. The second kappa shape index (κ2) is 7.93. The maximum atomic E-state index is 10.1. The summed E-state index contributed by atoms with van der Waals surface area (Å²) in [6, 6.07) is 9.16. The van der Waals surface area contributed by atoms with Crippen LogP contribution in [0.3, 0.4) is 0 Å². The van der Waals surface area contributed by atoms with E-state index in [0.717, 1.165) is 56.2 Å². The number of aromatic hydroxyl groups is 1. The summed E-state index contributed by atoms with van der Waals surface area (Å²) in [5, 5.41) is 21.7. The third-order valence-electron chi connectivity index (χ3n) is 6.29. The maximum Gasteiger partial charge on any atom is 0.169 e. The van der Waals surface area contributed by atoms with Gasteiger partial charge in [-0.1, -0.05) is 19.1 Å². The van der Waals surface area contributed by atoms with Crippen LogP contribution in [0.5, 0.6) is 5.75 Å². The first kappa shape index (κ1) is 19.0. The molecule has 2 unspecified atom stereocenters. The Bertz CT molecular complexity index is 816. The summed E-state index contributed by atoms with van der Waals surface area (Å²) in [4.78, 5) is 4.88. The third-order valence-corrected chi connectivity index (χ3v) is 6.29. The Kier molecular flexibility index (Phi) is 5.37. The number of likely N-dealkylation sites (N-methyl/N-ethyl adjacent to an activating group) is 2. The minimum atomic E-state index is 0.207. The highest BCUT2D eigenvalue weighted by molar-refractivity contribution is 5.74. The monoisotopic (exact) mass is 382 g/mol. The van der Waals surface area contributed by atoms with E-state index in [1.165, 1.54) is 6.54 Å². The molecule has 4 N–H and O–H groups in total. The van der Waals surface area contributed by atoms with Gasteiger partial charge < -0.3 is 26.0 Å². The van der Waals surface area contributed by atoms with E-state index in [-0.39, 0.29) is 5.75 Å². The largest absolute Gasteiger partial charge is 0.507 e. The lowest BCUT2D eigenvalue weighted by molar-refractivity contribution is 0.267. The summed E-state index contributed by atoms with van der Waals surface area (Å²) in [6.07, 6.45) is 0. The smallest absolute Gasteiger partial charge is 0.169 e. The van der Waals surface area contributed by atoms with Gasteiger partial charge in [0.1, 0.15) is 5.75 Å². The van der Waals surface area contributed by atoms with Crippen molar-refractivity contribution in [3.05, 3.63) is 30.3 Å². The lowest BCUT2D eigenvalue weighted by Crippen LogP contribution is -2.34. The van der Waals surface area contributed by atoms with Crippen LogP contribution in [0.2, 0.25) is 0 Å². The summed E-state index contributed by atoms with van der Waals surface area (Å²) >= 11 is 0. The van der Waals surface area contributed by atoms with E-state index in [9.17, 15) is 5.11 Å². The molecule has 0 spiro atoms. The van der Waals surface area contributed by atoms with Crippen molar-refractivity contribution in [1.29, 1.82) is 0 Å². The number of phenolic OH excluding ortho intramolecular Hbond substituents is 1. The van der Waals surface area contributed by atoms with Crippen LogP contribution in [0.25, 0.3) is 11.3 Å². The number of benzene rings is 1. The summed E-state index contributed by atoms with van der Waals surface area (Å²) in [5.41, 5.74) is 8.41. The van der Waals surface area contributed by atoms with Crippen molar-refractivity contribution in [2.45, 2.75) is 6.92 Å². The quantitative estimate of drug-likeness (QED) is 0.639. The predicted octanol–water partition coefficient (Wildman–Crippen LogP) is 1.65. The van der Waals surface area contributed by atoms with Crippen molar-refractivity contribution >= 4 is 11.5 Å². The number of fused-ring (bicyclic) bond motifs is 1. The van der Waals surface area contributed by atoms with E-state index in [1.54, 1.807) is 12.1 Å². The Morgan fingerprint density at radius 3 is 2.68 bits per heavy atom. The molecule has 2 aromatic rings. The standard InChI is InChI=1S/C21H30N6O/c1-3-26(9-8-23-2)11-15-16-12-27(13-17(15)16)19-10-18(24-25-21(19)22)14-6-4-5-7-20(14)28/h4-7,10,15-17,23,28H,3,8-9,11-13H2,1-2H3,(H2,22,25). The predicted molar refractivity (Wildman–Crippen MR) is 112 cm³/mol. The average molecular weight is 383 g/mol. The van der Waals surface area contributed by atoms with Crippen LogP contribution in [0.4, 0.5) is 11.5 Å². The zero-order valence-electron chi connectivity index (χ0n) is 16.7. The molecule has 0 radical (unpaired) electrons. The van der Waals surface area contributed by atoms with E-state index < -0.39 is 0 Å². The van der Waals surface area contributed by atoms with Gasteiger partial charge in [-0.25, -0.2) is 0 Å². The molecule has 28 heavy (non-hydrogen) atoms. The number of phenols is 1. The van der Waals surface area contributed by atoms with Crippen molar-refractivity contribution in [2.75, 3.05) is 56.9 Å². The molecule has 2 heterocycles. The summed E-state index contributed by atoms with van der Waals surface area (Å²) in [5.74, 6) is 2.94. The zero-order valence-corrected chi connectivity index (χ0v) is 16.7. The molecule has 1 aromatic carbocycles. The van der Waals surface area contributed by atoms with Gasteiger partial charge in [0.25, 0.3) is 0 Å². The Hall–Kier alpha value is -2.38. The molecule has 0 bridgehead atoms. The molecule has 1 aromatic heterocycles. The molecule has 4 rings (SSSR count). The van der Waals surface area contributed by atoms with Crippen molar-refractivity contribution in [3.63, 3.8) is 0 Å². The topological polar surface area (TPSA) is 90.5 Å². The number of nitrogens with zero attached hydrogens (tertiary/aromatic N) is 4. The fourth-order valence-electron chi connectivity index (χ4n) is 4.53. The highest BCUT2D eigenvalue weighted by Gasteiger charge is 2.55. The molecule has 1 aliphatic carbocycles. The van der Waals surface area contributed by atoms with Crippen molar-refractivity contribution in [3.8, 4) is 17.0 Å². The van der Waals surface area contributed by atoms with Gasteiger partial charge >= 0.3 is 0 Å². The highest BCUT2D eigenvalue weighted by Crippen LogP contribution is 2.53. The third kappa shape index (κ3) is 3.64. The van der Waals surface area contributed by atoms with Crippen molar-refractivity contribution in [1.82, 2.24) is 20.4 Å². The number of piperidine rings is 1. The van der Waals surface area contributed by atoms with Gasteiger partial charge in [-0.05, 0) is 49.5 Å². The first-order chi connectivity index (χ1) is 13.6. The number of hydrogen-bond acceptors (Lipinski definition) is 7. The number of nitrogens with one attached hydrogen (secondary N) is 1. The number of nitrogen functional groups attached to an aromatic ring is 1. The summed E-state index contributed by atoms with van der Waals surface area (Å²) in [6.45, 7) is 8.73. The molecule has 1 aliphatic heterocycles. The SMILES string of the molecule is CCN(CCNC)CC1C2CN(c3cc(-c4ccccc4O)nnc3N)CC12. The molecule has 7 nitrogen and oxygen atoms in total. The fraction of sp³-hybridized carbons (Fsp3) is 0.524. The molecule has 1 saturated heterocycles. The highest BCUT2D eigenvalue weighted by atomic mass is 16.3. The Morgan fingerprint density at radius 1 is 1.25 bits per heavy atom. The number of aromatic nitrogens is 2. The van der Waals surface area contributed by atoms with Crippen LogP contribution in [0.1, 0.15) is 6.92 Å². The second-order valence-electron chi connectivity index (χ2n) is 7.91. The number of rotatable bonds is 8.